The molecule has 0 aromatic heterocycles. The topological polar surface area (TPSA) is 103 Å². The van der Waals surface area contributed by atoms with Gasteiger partial charge in [-0.15, -0.1) is 0 Å². The average molecular weight is 272 g/mol. The molecule has 0 aliphatic carbocycles. The fourth-order valence-corrected chi connectivity index (χ4v) is 1.50. The maximum absolute atomic E-state index is 10.4. The number of carboxylic acids is 1. The van der Waals surface area contributed by atoms with Crippen molar-refractivity contribution in [3.05, 3.63) is 35.9 Å². The molecule has 6 heteroatoms. The maximum atomic E-state index is 10.4. The fraction of sp³-hybridized carbons (Fsp3) is 0.214. The van der Waals surface area contributed by atoms with Crippen LogP contribution in [0, 0.1) is 11.5 Å². The summed E-state index contributed by atoms with van der Waals surface area (Å²) in [7, 11) is 0. The number of aliphatic imine (C=N–C) groups is 1. The van der Waals surface area contributed by atoms with Crippen LogP contribution in [0.5, 0.6) is 0 Å². The number of nitriles is 1. The van der Waals surface area contributed by atoms with Gasteiger partial charge >= 0.3 is 5.97 Å². The van der Waals surface area contributed by atoms with Gasteiger partial charge in [0.25, 0.3) is 0 Å². The third kappa shape index (κ3) is 4.46. The molecule has 0 fully saturated rings. The van der Waals surface area contributed by atoms with E-state index in [-0.39, 0.29) is 12.4 Å². The van der Waals surface area contributed by atoms with Crippen LogP contribution in [0.2, 0.25) is 0 Å². The number of anilines is 1. The van der Waals surface area contributed by atoms with Gasteiger partial charge in [-0.25, -0.2) is 4.90 Å². The molecule has 0 amide bonds. The van der Waals surface area contributed by atoms with Crippen molar-refractivity contribution in [3.63, 3.8) is 0 Å². The van der Waals surface area contributed by atoms with Crippen LogP contribution in [0.4, 0.5) is 5.69 Å². The largest absolute Gasteiger partial charge is 0.481 e. The molecule has 1 rings (SSSR count). The summed E-state index contributed by atoms with van der Waals surface area (Å²) in [6.45, 7) is 2.33. The van der Waals surface area contributed by atoms with E-state index in [9.17, 15) is 4.79 Å². The normalized spacial score (nSPS) is 11.3. The molecular weight excluding hydrogens is 256 g/mol. The van der Waals surface area contributed by atoms with E-state index in [4.69, 9.17) is 16.1 Å². The van der Waals surface area contributed by atoms with E-state index in [1.807, 2.05) is 13.1 Å². The SMILES string of the molecule is CCN=C(N)N(C#N)c1ccc(/C=C/CC(=O)O)cc1. The molecule has 0 heterocycles. The average Bonchev–Trinajstić information content (AvgIpc) is 2.41. The number of nitrogens with two attached hydrogens (primary N) is 1. The van der Waals surface area contributed by atoms with Crippen molar-refractivity contribution in [3.8, 4) is 6.19 Å². The third-order valence-corrected chi connectivity index (χ3v) is 2.40. The van der Waals surface area contributed by atoms with Crippen molar-refractivity contribution >= 4 is 23.7 Å². The lowest BCUT2D eigenvalue weighted by atomic mass is 10.2. The van der Waals surface area contributed by atoms with Crippen molar-refractivity contribution in [1.29, 1.82) is 5.26 Å². The van der Waals surface area contributed by atoms with Gasteiger partial charge in [0.1, 0.15) is 0 Å². The summed E-state index contributed by atoms with van der Waals surface area (Å²) in [6.07, 6.45) is 5.20. The highest BCUT2D eigenvalue weighted by Crippen LogP contribution is 2.15. The van der Waals surface area contributed by atoms with Crippen LogP contribution in [-0.2, 0) is 4.79 Å². The highest BCUT2D eigenvalue weighted by molar-refractivity contribution is 5.97. The van der Waals surface area contributed by atoms with Crippen LogP contribution in [0.25, 0.3) is 6.08 Å². The number of guanidine groups is 1. The molecule has 0 saturated carbocycles. The summed E-state index contributed by atoms with van der Waals surface area (Å²) < 4.78 is 0. The van der Waals surface area contributed by atoms with E-state index in [0.29, 0.717) is 12.2 Å². The zero-order chi connectivity index (χ0) is 15.0. The number of hydrogen-bond acceptors (Lipinski definition) is 3. The summed E-state index contributed by atoms with van der Waals surface area (Å²) in [5.74, 6) is -0.735. The second kappa shape index (κ2) is 7.59. The molecule has 1 aromatic carbocycles. The molecule has 1 aromatic rings. The number of hydrogen-bond donors (Lipinski definition) is 2. The van der Waals surface area contributed by atoms with E-state index < -0.39 is 5.97 Å². The number of carboxylic acid groups (broad SMARTS) is 1. The lowest BCUT2D eigenvalue weighted by Crippen LogP contribution is -2.33. The van der Waals surface area contributed by atoms with Gasteiger partial charge in [-0.3, -0.25) is 9.79 Å². The second-order valence-corrected chi connectivity index (χ2v) is 3.86. The number of nitrogens with zero attached hydrogens (tertiary/aromatic N) is 3. The lowest BCUT2D eigenvalue weighted by Gasteiger charge is -2.14. The summed E-state index contributed by atoms with van der Waals surface area (Å²) >= 11 is 0. The smallest absolute Gasteiger partial charge is 0.307 e. The lowest BCUT2D eigenvalue weighted by molar-refractivity contribution is -0.135. The van der Waals surface area contributed by atoms with Gasteiger partial charge in [-0.1, -0.05) is 24.3 Å². The van der Waals surface area contributed by atoms with E-state index in [2.05, 4.69) is 4.99 Å². The molecule has 0 unspecified atom stereocenters. The van der Waals surface area contributed by atoms with Crippen molar-refractivity contribution < 1.29 is 9.90 Å². The molecule has 20 heavy (non-hydrogen) atoms. The Balaban J connectivity index is 2.85. The van der Waals surface area contributed by atoms with Crippen molar-refractivity contribution in [2.75, 3.05) is 11.4 Å². The maximum Gasteiger partial charge on any atom is 0.307 e. The summed E-state index contributed by atoms with van der Waals surface area (Å²) in [4.78, 5) is 15.6. The van der Waals surface area contributed by atoms with Crippen LogP contribution in [0.3, 0.4) is 0 Å². The van der Waals surface area contributed by atoms with Crippen molar-refractivity contribution in [1.82, 2.24) is 0 Å². The van der Waals surface area contributed by atoms with Gasteiger partial charge in [-0.2, -0.15) is 5.26 Å². The Hall–Kier alpha value is -2.81. The number of rotatable bonds is 5. The number of aliphatic carboxylic acids is 1. The molecule has 0 saturated heterocycles. The fourth-order valence-electron chi connectivity index (χ4n) is 1.50. The predicted molar refractivity (Wildman–Crippen MR) is 78.0 cm³/mol. The minimum absolute atomic E-state index is 0.0256. The number of carbonyl (C=O) groups is 1. The van der Waals surface area contributed by atoms with Gasteiger partial charge in [-0.05, 0) is 24.6 Å². The first-order valence-electron chi connectivity index (χ1n) is 6.06. The second-order valence-electron chi connectivity index (χ2n) is 3.86. The van der Waals surface area contributed by atoms with Gasteiger partial charge in [0.05, 0.1) is 12.1 Å². The molecule has 0 aliphatic rings. The van der Waals surface area contributed by atoms with Gasteiger partial charge in [0, 0.05) is 6.54 Å². The van der Waals surface area contributed by atoms with Crippen molar-refractivity contribution in [2.45, 2.75) is 13.3 Å². The van der Waals surface area contributed by atoms with Crippen molar-refractivity contribution in [2.24, 2.45) is 10.7 Å². The Morgan fingerprint density at radius 1 is 1.50 bits per heavy atom. The Morgan fingerprint density at radius 3 is 2.65 bits per heavy atom. The molecule has 0 bridgehead atoms. The summed E-state index contributed by atoms with van der Waals surface area (Å²) in [6, 6.07) is 7.00. The van der Waals surface area contributed by atoms with E-state index >= 15 is 0 Å². The zero-order valence-corrected chi connectivity index (χ0v) is 11.2. The predicted octanol–water partition coefficient (Wildman–Crippen LogP) is 1.80. The van der Waals surface area contributed by atoms with Crippen LogP contribution in [0.1, 0.15) is 18.9 Å². The van der Waals surface area contributed by atoms with Gasteiger partial charge < -0.3 is 10.8 Å². The number of benzene rings is 1. The van der Waals surface area contributed by atoms with Crippen LogP contribution in [0.15, 0.2) is 35.3 Å². The minimum Gasteiger partial charge on any atom is -0.481 e. The van der Waals surface area contributed by atoms with Crippen LogP contribution in [-0.4, -0.2) is 23.6 Å². The molecule has 0 atom stereocenters. The monoisotopic (exact) mass is 272 g/mol. The molecular formula is C14H16N4O2. The highest BCUT2D eigenvalue weighted by Gasteiger charge is 2.08. The Bertz CT molecular complexity index is 556. The molecule has 104 valence electrons. The minimum atomic E-state index is -0.878. The third-order valence-electron chi connectivity index (χ3n) is 2.40. The summed E-state index contributed by atoms with van der Waals surface area (Å²) in [5, 5.41) is 17.6. The molecule has 6 nitrogen and oxygen atoms in total. The quantitative estimate of drug-likeness (QED) is 0.368. The van der Waals surface area contributed by atoms with Gasteiger partial charge in [0.15, 0.2) is 6.19 Å². The summed E-state index contributed by atoms with van der Waals surface area (Å²) in [5.41, 5.74) is 7.15. The first-order valence-corrected chi connectivity index (χ1v) is 6.06. The Labute approximate surface area is 117 Å². The zero-order valence-electron chi connectivity index (χ0n) is 11.2. The first-order chi connectivity index (χ1) is 9.58. The van der Waals surface area contributed by atoms with Gasteiger partial charge in [0.2, 0.25) is 5.96 Å². The Morgan fingerprint density at radius 2 is 2.15 bits per heavy atom. The van der Waals surface area contributed by atoms with Crippen LogP contribution >= 0.6 is 0 Å². The molecule has 0 aliphatic heterocycles. The molecule has 3 N–H and O–H groups in total. The Kier molecular flexibility index (Phi) is 5.78. The van der Waals surface area contributed by atoms with Crippen LogP contribution < -0.4 is 10.6 Å². The molecule has 0 spiro atoms. The highest BCUT2D eigenvalue weighted by atomic mass is 16.4. The first kappa shape index (κ1) is 15.2. The van der Waals surface area contributed by atoms with E-state index in [0.717, 1.165) is 5.56 Å². The standard InChI is InChI=1S/C14H16N4O2/c1-2-17-14(16)18(10-15)12-8-6-11(7-9-12)4-3-5-13(19)20/h3-4,6-9H,2,5H2,1H3,(H2,16,17)(H,19,20)/b4-3+. The van der Waals surface area contributed by atoms with E-state index in [1.165, 1.54) is 4.90 Å². The molecule has 0 radical (unpaired) electrons. The van der Waals surface area contributed by atoms with E-state index in [1.54, 1.807) is 36.4 Å².